The molecule has 3 aromatic rings. The number of carbonyl (C=O) groups excluding carboxylic acids is 4. The maximum Gasteiger partial charge on any atom is 0.412 e. The molecule has 0 aliphatic heterocycles. The molecule has 0 unspecified atom stereocenters. The van der Waals surface area contributed by atoms with Gasteiger partial charge in [-0.25, -0.2) is 14.4 Å². The number of rotatable bonds is 10. The van der Waals surface area contributed by atoms with Crippen LogP contribution in [0.15, 0.2) is 42.5 Å². The van der Waals surface area contributed by atoms with Gasteiger partial charge in [-0.3, -0.25) is 14.9 Å². The Balaban J connectivity index is 1.80. The summed E-state index contributed by atoms with van der Waals surface area (Å²) in [5.41, 5.74) is -0.762. The van der Waals surface area contributed by atoms with Crippen LogP contribution in [0.5, 0.6) is 0 Å². The highest BCUT2D eigenvalue weighted by atomic mass is 32.1. The van der Waals surface area contributed by atoms with Gasteiger partial charge in [0.15, 0.2) is 0 Å². The highest BCUT2D eigenvalue weighted by Crippen LogP contribution is 2.33. The van der Waals surface area contributed by atoms with Crippen molar-refractivity contribution < 1.29 is 43.3 Å². The molecule has 3 N–H and O–H groups in total. The van der Waals surface area contributed by atoms with Crippen LogP contribution in [0.1, 0.15) is 77.6 Å². The molecule has 2 amide bonds. The zero-order chi connectivity index (χ0) is 31.9. The zero-order valence-corrected chi connectivity index (χ0v) is 26.3. The summed E-state index contributed by atoms with van der Waals surface area (Å²) in [5, 5.41) is 14.7. The number of carboxylic acids is 1. The zero-order valence-electron chi connectivity index (χ0n) is 24.7. The Kier molecular flexibility index (Phi) is 10.7. The largest absolute Gasteiger partial charge is 0.481 e. The van der Waals surface area contributed by atoms with Crippen molar-refractivity contribution in [1.82, 2.24) is 0 Å². The van der Waals surface area contributed by atoms with Gasteiger partial charge in [0.25, 0.3) is 0 Å². The summed E-state index contributed by atoms with van der Waals surface area (Å²) in [6, 6.07) is 11.9. The van der Waals surface area contributed by atoms with Crippen molar-refractivity contribution in [2.75, 3.05) is 10.6 Å². The van der Waals surface area contributed by atoms with E-state index in [4.69, 9.17) is 14.2 Å². The van der Waals surface area contributed by atoms with Gasteiger partial charge in [-0.1, -0.05) is 30.3 Å². The van der Waals surface area contributed by atoms with E-state index in [0.717, 1.165) is 28.2 Å². The van der Waals surface area contributed by atoms with Gasteiger partial charge in [0, 0.05) is 9.75 Å². The van der Waals surface area contributed by atoms with Crippen LogP contribution < -0.4 is 10.6 Å². The number of carboxylic acid groups (broad SMARTS) is 1. The molecule has 0 aliphatic carbocycles. The lowest BCUT2D eigenvalue weighted by molar-refractivity contribution is -0.136. The molecule has 0 saturated carbocycles. The Bertz CT molecular complexity index is 1500. The lowest BCUT2D eigenvalue weighted by Crippen LogP contribution is -2.24. The number of ether oxygens (including phenoxy) is 3. The summed E-state index contributed by atoms with van der Waals surface area (Å²) in [6.45, 7) is 10.2. The van der Waals surface area contributed by atoms with Gasteiger partial charge >= 0.3 is 24.0 Å². The van der Waals surface area contributed by atoms with Gasteiger partial charge in [0.1, 0.15) is 27.8 Å². The fraction of sp³-hybridized carbons (Fsp3) is 0.367. The topological polar surface area (TPSA) is 157 Å². The molecule has 11 nitrogen and oxygen atoms in total. The SMILES string of the molecule is CC(C)(C)OC(=O)c1cc(CC(=O)O)sc1NC(=O)Cc1cc(C(=O)OC(C)(C)C)c(NC(=O)OCc2ccccc2)s1. The summed E-state index contributed by atoms with van der Waals surface area (Å²) in [5.74, 6) is -3.04. The number of hydrogen-bond acceptors (Lipinski definition) is 10. The van der Waals surface area contributed by atoms with Crippen LogP contribution in [0.25, 0.3) is 0 Å². The van der Waals surface area contributed by atoms with Gasteiger partial charge in [-0.2, -0.15) is 0 Å². The average Bonchev–Trinajstić information content (AvgIpc) is 3.44. The smallest absolute Gasteiger partial charge is 0.412 e. The third-order valence-electron chi connectivity index (χ3n) is 5.15. The molecule has 230 valence electrons. The summed E-state index contributed by atoms with van der Waals surface area (Å²) in [6.07, 6.45) is -1.35. The molecule has 0 spiro atoms. The molecule has 0 bridgehead atoms. The number of thiophene rings is 2. The van der Waals surface area contributed by atoms with Gasteiger partial charge in [-0.05, 0) is 59.2 Å². The first-order chi connectivity index (χ1) is 20.0. The lowest BCUT2D eigenvalue weighted by Gasteiger charge is -2.19. The summed E-state index contributed by atoms with van der Waals surface area (Å²) >= 11 is 1.95. The van der Waals surface area contributed by atoms with Crippen molar-refractivity contribution in [3.8, 4) is 0 Å². The molecule has 0 fully saturated rings. The van der Waals surface area contributed by atoms with Crippen molar-refractivity contribution in [3.05, 3.63) is 68.9 Å². The Hall–Kier alpha value is -4.23. The Morgan fingerprint density at radius 1 is 0.744 bits per heavy atom. The van der Waals surface area contributed by atoms with E-state index >= 15 is 0 Å². The number of nitrogens with one attached hydrogen (secondary N) is 2. The first-order valence-corrected chi connectivity index (χ1v) is 14.8. The van der Waals surface area contributed by atoms with Crippen LogP contribution >= 0.6 is 22.7 Å². The van der Waals surface area contributed by atoms with Gasteiger partial charge in [0.05, 0.1) is 24.0 Å². The quantitative estimate of drug-likeness (QED) is 0.173. The van der Waals surface area contributed by atoms with Crippen LogP contribution in [0.3, 0.4) is 0 Å². The molecule has 0 aliphatic rings. The fourth-order valence-corrected chi connectivity index (χ4v) is 5.62. The molecular weight excluding hydrogens is 596 g/mol. The normalized spacial score (nSPS) is 11.4. The lowest BCUT2D eigenvalue weighted by atomic mass is 10.2. The maximum atomic E-state index is 13.1. The number of aliphatic carboxylic acids is 1. The standard InChI is InChI=1S/C30H34N2O9S2/c1-29(2,3)40-26(36)20-13-19(15-23(34)35)43-24(20)31-22(33)14-18-12-21(27(37)41-30(4,5)6)25(42-18)32-28(38)39-16-17-10-8-7-9-11-17/h7-13H,14-16H2,1-6H3,(H,31,33)(H,32,38)(H,34,35). The van der Waals surface area contributed by atoms with Gasteiger partial charge < -0.3 is 24.6 Å². The fourth-order valence-electron chi connectivity index (χ4n) is 3.54. The van der Waals surface area contributed by atoms with Gasteiger partial charge in [-0.15, -0.1) is 22.7 Å². The molecular formula is C30H34N2O9S2. The summed E-state index contributed by atoms with van der Waals surface area (Å²) in [7, 11) is 0. The van der Waals surface area contributed by atoms with E-state index in [2.05, 4.69) is 10.6 Å². The van der Waals surface area contributed by atoms with E-state index < -0.39 is 41.1 Å². The second-order valence-electron chi connectivity index (χ2n) is 11.4. The monoisotopic (exact) mass is 630 g/mol. The number of hydrogen-bond donors (Lipinski definition) is 3. The third kappa shape index (κ3) is 10.8. The minimum atomic E-state index is -1.09. The van der Waals surface area contributed by atoms with Crippen LogP contribution in [-0.2, 0) is 43.2 Å². The molecule has 2 heterocycles. The van der Waals surface area contributed by atoms with E-state index in [1.54, 1.807) is 53.7 Å². The molecule has 0 saturated heterocycles. The van der Waals surface area contributed by atoms with Crippen molar-refractivity contribution in [2.45, 2.75) is 72.2 Å². The number of esters is 2. The molecule has 13 heteroatoms. The molecule has 1 aromatic carbocycles. The maximum absolute atomic E-state index is 13.1. The van der Waals surface area contributed by atoms with Crippen molar-refractivity contribution in [3.63, 3.8) is 0 Å². The average molecular weight is 631 g/mol. The highest BCUT2D eigenvalue weighted by molar-refractivity contribution is 7.17. The Morgan fingerprint density at radius 3 is 1.72 bits per heavy atom. The van der Waals surface area contributed by atoms with E-state index in [1.807, 2.05) is 18.2 Å². The van der Waals surface area contributed by atoms with Crippen LogP contribution in [0.2, 0.25) is 0 Å². The summed E-state index contributed by atoms with van der Waals surface area (Å²) in [4.78, 5) is 63.4. The first-order valence-electron chi connectivity index (χ1n) is 13.2. The van der Waals surface area contributed by atoms with E-state index in [1.165, 1.54) is 12.1 Å². The second kappa shape index (κ2) is 13.8. The minimum absolute atomic E-state index is 0.0136. The second-order valence-corrected chi connectivity index (χ2v) is 13.7. The Labute approximate surface area is 257 Å². The van der Waals surface area contributed by atoms with Crippen LogP contribution in [0.4, 0.5) is 14.8 Å². The van der Waals surface area contributed by atoms with Crippen LogP contribution in [-0.4, -0.2) is 46.2 Å². The van der Waals surface area contributed by atoms with E-state index in [9.17, 15) is 29.1 Å². The van der Waals surface area contributed by atoms with Crippen molar-refractivity contribution in [2.24, 2.45) is 0 Å². The predicted octanol–water partition coefficient (Wildman–Crippen LogP) is 6.28. The van der Waals surface area contributed by atoms with Crippen molar-refractivity contribution in [1.29, 1.82) is 0 Å². The molecule has 0 radical (unpaired) electrons. The van der Waals surface area contributed by atoms with E-state index in [-0.39, 0.29) is 40.6 Å². The third-order valence-corrected chi connectivity index (χ3v) is 7.25. The van der Waals surface area contributed by atoms with Gasteiger partial charge in [0.2, 0.25) is 5.91 Å². The number of benzene rings is 1. The molecule has 43 heavy (non-hydrogen) atoms. The molecule has 2 aromatic heterocycles. The van der Waals surface area contributed by atoms with Crippen LogP contribution in [0, 0.1) is 0 Å². The number of anilines is 2. The number of carbonyl (C=O) groups is 5. The van der Waals surface area contributed by atoms with E-state index in [0.29, 0.717) is 9.75 Å². The summed E-state index contributed by atoms with van der Waals surface area (Å²) < 4.78 is 16.2. The highest BCUT2D eigenvalue weighted by Gasteiger charge is 2.27. The van der Waals surface area contributed by atoms with Crippen molar-refractivity contribution >= 4 is 62.6 Å². The minimum Gasteiger partial charge on any atom is -0.481 e. The number of amides is 2. The first kappa shape index (κ1) is 33.3. The Morgan fingerprint density at radius 2 is 1.23 bits per heavy atom. The predicted molar refractivity (Wildman–Crippen MR) is 163 cm³/mol. The molecule has 3 rings (SSSR count). The molecule has 0 atom stereocenters.